The number of hydrogen-bond acceptors (Lipinski definition) is 7. The predicted octanol–water partition coefficient (Wildman–Crippen LogP) is 2.87. The van der Waals surface area contributed by atoms with E-state index in [1.54, 1.807) is 38.5 Å². The molecule has 0 saturated heterocycles. The van der Waals surface area contributed by atoms with Gasteiger partial charge in [-0.3, -0.25) is 9.10 Å². The number of rotatable bonds is 10. The number of carbonyl (C=O) groups is 1. The van der Waals surface area contributed by atoms with E-state index in [0.717, 1.165) is 11.3 Å². The first kappa shape index (κ1) is 25.4. The Balaban J connectivity index is 1.78. The van der Waals surface area contributed by atoms with Crippen molar-refractivity contribution in [2.45, 2.75) is 13.0 Å². The summed E-state index contributed by atoms with van der Waals surface area (Å²) in [5, 5.41) is 6.20. The van der Waals surface area contributed by atoms with Gasteiger partial charge in [-0.2, -0.15) is 0 Å². The van der Waals surface area contributed by atoms with Gasteiger partial charge in [-0.25, -0.2) is 8.42 Å². The van der Waals surface area contributed by atoms with Gasteiger partial charge < -0.3 is 25.0 Å². The van der Waals surface area contributed by atoms with Crippen molar-refractivity contribution in [3.63, 3.8) is 0 Å². The van der Waals surface area contributed by atoms with Crippen LogP contribution in [-0.2, 0) is 14.8 Å². The van der Waals surface area contributed by atoms with Crippen LogP contribution in [0.2, 0.25) is 0 Å². The van der Waals surface area contributed by atoms with Crippen LogP contribution in [0.1, 0.15) is 12.5 Å². The third-order valence-electron chi connectivity index (χ3n) is 5.42. The summed E-state index contributed by atoms with van der Waals surface area (Å²) in [7, 11) is 3.51. The van der Waals surface area contributed by atoms with Crippen molar-refractivity contribution < 1.29 is 22.7 Å². The monoisotopic (exact) mass is 488 g/mol. The molecular formula is C24H32N4O5S. The second-order valence-corrected chi connectivity index (χ2v) is 10.3. The fourth-order valence-electron chi connectivity index (χ4n) is 3.74. The molecular weight excluding hydrogens is 456 g/mol. The normalized spacial score (nSPS) is 15.1. The summed E-state index contributed by atoms with van der Waals surface area (Å²) in [5.41, 5.74) is 3.37. The van der Waals surface area contributed by atoms with Crippen molar-refractivity contribution >= 4 is 38.6 Å². The highest BCUT2D eigenvalue weighted by Gasteiger charge is 2.27. The van der Waals surface area contributed by atoms with Gasteiger partial charge in [0, 0.05) is 42.0 Å². The summed E-state index contributed by atoms with van der Waals surface area (Å²) in [4.78, 5) is 14.5. The number of hydrogen-bond donors (Lipinski definition) is 2. The molecule has 0 spiro atoms. The largest absolute Gasteiger partial charge is 0.493 e. The Morgan fingerprint density at radius 2 is 1.68 bits per heavy atom. The number of likely N-dealkylation sites (N-methyl/N-ethyl adjacent to an activating group) is 1. The maximum Gasteiger partial charge on any atom is 0.256 e. The highest BCUT2D eigenvalue weighted by Crippen LogP contribution is 2.40. The second-order valence-electron chi connectivity index (χ2n) is 8.41. The molecule has 10 heteroatoms. The van der Waals surface area contributed by atoms with E-state index in [4.69, 9.17) is 9.47 Å². The molecule has 0 bridgehead atoms. The maximum absolute atomic E-state index is 12.6. The van der Waals surface area contributed by atoms with E-state index in [-0.39, 0.29) is 11.9 Å². The van der Waals surface area contributed by atoms with Crippen molar-refractivity contribution in [1.82, 2.24) is 4.90 Å². The smallest absolute Gasteiger partial charge is 0.256 e. The van der Waals surface area contributed by atoms with E-state index in [0.29, 0.717) is 41.5 Å². The van der Waals surface area contributed by atoms with Crippen LogP contribution in [0.5, 0.6) is 11.5 Å². The number of methoxy groups -OCH3 is 2. The third-order valence-corrected chi connectivity index (χ3v) is 6.62. The molecule has 2 N–H and O–H groups in total. The highest BCUT2D eigenvalue weighted by atomic mass is 32.2. The van der Waals surface area contributed by atoms with Crippen molar-refractivity contribution in [3.8, 4) is 11.5 Å². The molecule has 34 heavy (non-hydrogen) atoms. The van der Waals surface area contributed by atoms with Crippen LogP contribution < -0.4 is 24.4 Å². The molecule has 0 saturated carbocycles. The van der Waals surface area contributed by atoms with Crippen LogP contribution in [0.4, 0.5) is 17.1 Å². The van der Waals surface area contributed by atoms with E-state index >= 15 is 0 Å². The van der Waals surface area contributed by atoms with E-state index in [9.17, 15) is 13.2 Å². The van der Waals surface area contributed by atoms with Gasteiger partial charge in [-0.05, 0) is 57.4 Å². The lowest BCUT2D eigenvalue weighted by atomic mass is 10.0. The van der Waals surface area contributed by atoms with E-state index in [1.165, 1.54) is 10.6 Å². The number of fused-ring (bicyclic) bond motifs is 1. The Labute approximate surface area is 201 Å². The minimum absolute atomic E-state index is 0.176. The first-order valence-electron chi connectivity index (χ1n) is 10.8. The Hall–Kier alpha value is -3.24. The molecule has 3 rings (SSSR count). The summed E-state index contributed by atoms with van der Waals surface area (Å²) in [6.07, 6.45) is 3.05. The van der Waals surface area contributed by atoms with Crippen LogP contribution in [0.3, 0.4) is 0 Å². The SMILES string of the molecule is COc1cc2c(cc1OC)C(=CC(C)Nc1ccc(N(CCN(C)C)S(C)(=O)=O)cc1)C(=O)N2. The van der Waals surface area contributed by atoms with Gasteiger partial charge in [-0.15, -0.1) is 0 Å². The molecule has 0 aromatic heterocycles. The topological polar surface area (TPSA) is 100 Å². The molecule has 2 aromatic carbocycles. The maximum atomic E-state index is 12.6. The quantitative estimate of drug-likeness (QED) is 0.496. The van der Waals surface area contributed by atoms with Crippen molar-refractivity contribution in [2.75, 3.05) is 62.6 Å². The number of carbonyl (C=O) groups excluding carboxylic acids is 1. The Bertz CT molecular complexity index is 1180. The molecule has 0 aliphatic carbocycles. The van der Waals surface area contributed by atoms with Crippen molar-refractivity contribution in [1.29, 1.82) is 0 Å². The first-order chi connectivity index (χ1) is 16.0. The Morgan fingerprint density at radius 1 is 1.06 bits per heavy atom. The van der Waals surface area contributed by atoms with Gasteiger partial charge in [0.1, 0.15) is 0 Å². The molecule has 2 aromatic rings. The van der Waals surface area contributed by atoms with Crippen LogP contribution in [0.15, 0.2) is 42.5 Å². The van der Waals surface area contributed by atoms with Gasteiger partial charge in [0.05, 0.1) is 31.9 Å². The van der Waals surface area contributed by atoms with Crippen molar-refractivity contribution in [3.05, 3.63) is 48.0 Å². The van der Waals surface area contributed by atoms with Gasteiger partial charge in [0.25, 0.3) is 5.91 Å². The lowest BCUT2D eigenvalue weighted by molar-refractivity contribution is -0.110. The highest BCUT2D eigenvalue weighted by molar-refractivity contribution is 7.92. The average molecular weight is 489 g/mol. The van der Waals surface area contributed by atoms with E-state index in [2.05, 4.69) is 10.6 Å². The number of anilines is 3. The zero-order valence-corrected chi connectivity index (χ0v) is 21.2. The summed E-state index contributed by atoms with van der Waals surface area (Å²) in [6.45, 7) is 2.91. The zero-order chi connectivity index (χ0) is 25.0. The molecule has 184 valence electrons. The van der Waals surface area contributed by atoms with Gasteiger partial charge in [0.15, 0.2) is 11.5 Å². The Morgan fingerprint density at radius 3 is 2.24 bits per heavy atom. The van der Waals surface area contributed by atoms with Crippen LogP contribution in [-0.4, -0.2) is 72.9 Å². The van der Waals surface area contributed by atoms with Gasteiger partial charge in [-0.1, -0.05) is 0 Å². The summed E-state index contributed by atoms with van der Waals surface area (Å²) in [6, 6.07) is 10.6. The summed E-state index contributed by atoms with van der Waals surface area (Å²) >= 11 is 0. The predicted molar refractivity (Wildman–Crippen MR) is 136 cm³/mol. The number of nitrogens with one attached hydrogen (secondary N) is 2. The fourth-order valence-corrected chi connectivity index (χ4v) is 4.66. The lowest BCUT2D eigenvalue weighted by Gasteiger charge is -2.24. The number of sulfonamides is 1. The fraction of sp³-hybridized carbons (Fsp3) is 0.375. The molecule has 1 atom stereocenters. The zero-order valence-electron chi connectivity index (χ0n) is 20.4. The number of benzene rings is 2. The molecule has 1 aliphatic heterocycles. The molecule has 1 unspecified atom stereocenters. The minimum Gasteiger partial charge on any atom is -0.493 e. The molecule has 0 radical (unpaired) electrons. The summed E-state index contributed by atoms with van der Waals surface area (Å²) < 4.78 is 36.6. The minimum atomic E-state index is -3.40. The van der Waals surface area contributed by atoms with Crippen LogP contribution in [0, 0.1) is 0 Å². The molecule has 0 fully saturated rings. The number of ether oxygens (including phenoxy) is 2. The van der Waals surface area contributed by atoms with Crippen LogP contribution in [0.25, 0.3) is 5.57 Å². The average Bonchev–Trinajstić information content (AvgIpc) is 3.06. The van der Waals surface area contributed by atoms with Gasteiger partial charge in [0.2, 0.25) is 10.0 Å². The lowest BCUT2D eigenvalue weighted by Crippen LogP contribution is -2.36. The van der Waals surface area contributed by atoms with E-state index in [1.807, 2.05) is 44.1 Å². The number of nitrogens with zero attached hydrogens (tertiary/aromatic N) is 2. The van der Waals surface area contributed by atoms with E-state index < -0.39 is 10.0 Å². The standard InChI is InChI=1S/C24H32N4O5S/c1-16(13-20-19-14-22(32-4)23(33-5)15-21(19)26-24(20)29)25-17-7-9-18(10-8-17)28(34(6,30)31)12-11-27(2)3/h7-10,13-16,25H,11-12H2,1-6H3,(H,26,29). The second kappa shape index (κ2) is 10.4. The molecule has 1 aliphatic rings. The van der Waals surface area contributed by atoms with Crippen LogP contribution >= 0.6 is 0 Å². The molecule has 1 amide bonds. The van der Waals surface area contributed by atoms with Crippen molar-refractivity contribution in [2.24, 2.45) is 0 Å². The molecule has 1 heterocycles. The Kier molecular flexibility index (Phi) is 7.73. The third kappa shape index (κ3) is 5.81. The molecule has 9 nitrogen and oxygen atoms in total. The summed E-state index contributed by atoms with van der Waals surface area (Å²) in [5.74, 6) is 0.895. The first-order valence-corrected chi connectivity index (χ1v) is 12.7. The number of amides is 1. The van der Waals surface area contributed by atoms with Gasteiger partial charge >= 0.3 is 0 Å².